The zero-order valence-corrected chi connectivity index (χ0v) is 9.73. The zero-order valence-electron chi connectivity index (χ0n) is 6.82. The van der Waals surface area contributed by atoms with Crippen molar-refractivity contribution in [3.05, 3.63) is 31.9 Å². The van der Waals surface area contributed by atoms with Crippen LogP contribution in [0.15, 0.2) is 12.1 Å². The number of carbonyl (C=O) groups excluding carboxylic acids is 1. The quantitative estimate of drug-likeness (QED) is 0.573. The molecule has 0 spiro atoms. The Kier molecular flexibility index (Phi) is 3.12. The summed E-state index contributed by atoms with van der Waals surface area (Å²) in [6.07, 6.45) is 0. The smallest absolute Gasteiger partial charge is 0.160 e. The van der Waals surface area contributed by atoms with Crippen LogP contribution in [-0.4, -0.2) is 5.78 Å². The normalized spacial score (nSPS) is 10.0. The van der Waals surface area contributed by atoms with Crippen LogP contribution in [0.4, 0.5) is 0 Å². The molecule has 0 saturated heterocycles. The summed E-state index contributed by atoms with van der Waals surface area (Å²) in [5, 5.41) is 0.653. The standard InChI is InChI=1S/C9H8ClIO/c1-5-3-9(11)7(6(2)12)4-8(5)10/h3-4H,1-2H3. The predicted molar refractivity (Wildman–Crippen MR) is 58.9 cm³/mol. The van der Waals surface area contributed by atoms with Crippen molar-refractivity contribution in [3.8, 4) is 0 Å². The van der Waals surface area contributed by atoms with Crippen molar-refractivity contribution in [3.63, 3.8) is 0 Å². The molecule has 0 aliphatic rings. The van der Waals surface area contributed by atoms with Crippen LogP contribution < -0.4 is 0 Å². The van der Waals surface area contributed by atoms with Gasteiger partial charge in [0.05, 0.1) is 0 Å². The Hall–Kier alpha value is -0.0900. The molecule has 1 aromatic rings. The number of halogens is 2. The second-order valence-corrected chi connectivity index (χ2v) is 4.21. The van der Waals surface area contributed by atoms with Crippen LogP contribution in [0.25, 0.3) is 0 Å². The Labute approximate surface area is 90.3 Å². The van der Waals surface area contributed by atoms with Gasteiger partial charge in [-0.25, -0.2) is 0 Å². The predicted octanol–water partition coefficient (Wildman–Crippen LogP) is 3.46. The second kappa shape index (κ2) is 3.75. The number of rotatable bonds is 1. The second-order valence-electron chi connectivity index (χ2n) is 2.64. The Bertz CT molecular complexity index is 334. The summed E-state index contributed by atoms with van der Waals surface area (Å²) in [5.41, 5.74) is 1.71. The number of hydrogen-bond acceptors (Lipinski definition) is 1. The number of benzene rings is 1. The van der Waals surface area contributed by atoms with Gasteiger partial charge in [-0.3, -0.25) is 4.79 Å². The molecule has 0 aliphatic carbocycles. The van der Waals surface area contributed by atoms with Gasteiger partial charge in [0.15, 0.2) is 5.78 Å². The average molecular weight is 295 g/mol. The van der Waals surface area contributed by atoms with E-state index in [1.807, 2.05) is 13.0 Å². The van der Waals surface area contributed by atoms with Gasteiger partial charge in [0, 0.05) is 14.2 Å². The molecule has 0 heterocycles. The highest BCUT2D eigenvalue weighted by Gasteiger charge is 2.07. The largest absolute Gasteiger partial charge is 0.294 e. The minimum absolute atomic E-state index is 0.0568. The molecule has 1 aromatic carbocycles. The Morgan fingerprint density at radius 3 is 2.58 bits per heavy atom. The fourth-order valence-corrected chi connectivity index (χ4v) is 2.08. The van der Waals surface area contributed by atoms with Gasteiger partial charge in [-0.15, -0.1) is 0 Å². The molecule has 0 bridgehead atoms. The highest BCUT2D eigenvalue weighted by Crippen LogP contribution is 2.22. The third-order valence-corrected chi connectivity index (χ3v) is 2.93. The molecule has 0 unspecified atom stereocenters. The van der Waals surface area contributed by atoms with Crippen LogP contribution in [0.5, 0.6) is 0 Å². The molecule has 0 fully saturated rings. The molecule has 0 atom stereocenters. The maximum atomic E-state index is 11.1. The van der Waals surface area contributed by atoms with Gasteiger partial charge >= 0.3 is 0 Å². The zero-order chi connectivity index (χ0) is 9.30. The first-order chi connectivity index (χ1) is 5.52. The molecule has 64 valence electrons. The summed E-state index contributed by atoms with van der Waals surface area (Å²) in [7, 11) is 0. The van der Waals surface area contributed by atoms with Gasteiger partial charge in [0.2, 0.25) is 0 Å². The van der Waals surface area contributed by atoms with Gasteiger partial charge in [0.25, 0.3) is 0 Å². The van der Waals surface area contributed by atoms with E-state index < -0.39 is 0 Å². The van der Waals surface area contributed by atoms with Crippen LogP contribution in [0.2, 0.25) is 5.02 Å². The van der Waals surface area contributed by atoms with E-state index in [1.165, 1.54) is 0 Å². The van der Waals surface area contributed by atoms with Crippen molar-refractivity contribution >= 4 is 40.0 Å². The van der Waals surface area contributed by atoms with Crippen LogP contribution in [0.3, 0.4) is 0 Å². The number of carbonyl (C=O) groups is 1. The van der Waals surface area contributed by atoms with Gasteiger partial charge in [-0.2, -0.15) is 0 Å². The number of Topliss-reactive ketones (excluding diaryl/α,β-unsaturated/α-hetero) is 1. The van der Waals surface area contributed by atoms with Crippen molar-refractivity contribution in [2.45, 2.75) is 13.8 Å². The molecule has 1 rings (SSSR count). The van der Waals surface area contributed by atoms with Crippen molar-refractivity contribution < 1.29 is 4.79 Å². The molecular formula is C9H8ClIO. The summed E-state index contributed by atoms with van der Waals surface area (Å²) in [6.45, 7) is 3.47. The third-order valence-electron chi connectivity index (χ3n) is 1.63. The number of hydrogen-bond donors (Lipinski definition) is 0. The molecule has 0 saturated carbocycles. The van der Waals surface area contributed by atoms with E-state index in [9.17, 15) is 4.79 Å². The molecule has 0 aromatic heterocycles. The molecule has 0 amide bonds. The molecule has 3 heteroatoms. The lowest BCUT2D eigenvalue weighted by atomic mass is 10.1. The molecule has 12 heavy (non-hydrogen) atoms. The first-order valence-corrected chi connectivity index (χ1v) is 4.94. The number of aryl methyl sites for hydroxylation is 1. The van der Waals surface area contributed by atoms with E-state index in [2.05, 4.69) is 22.6 Å². The maximum Gasteiger partial charge on any atom is 0.160 e. The van der Waals surface area contributed by atoms with E-state index in [0.29, 0.717) is 10.6 Å². The van der Waals surface area contributed by atoms with Gasteiger partial charge < -0.3 is 0 Å². The highest BCUT2D eigenvalue weighted by molar-refractivity contribution is 14.1. The van der Waals surface area contributed by atoms with Crippen LogP contribution in [-0.2, 0) is 0 Å². The van der Waals surface area contributed by atoms with Crippen LogP contribution in [0.1, 0.15) is 22.8 Å². The lowest BCUT2D eigenvalue weighted by Gasteiger charge is -2.03. The monoisotopic (exact) mass is 294 g/mol. The van der Waals surface area contributed by atoms with E-state index in [-0.39, 0.29) is 5.78 Å². The number of ketones is 1. The highest BCUT2D eigenvalue weighted by atomic mass is 127. The topological polar surface area (TPSA) is 17.1 Å². The fraction of sp³-hybridized carbons (Fsp3) is 0.222. The lowest BCUT2D eigenvalue weighted by Crippen LogP contribution is -1.96. The van der Waals surface area contributed by atoms with Crippen molar-refractivity contribution in [2.24, 2.45) is 0 Å². The van der Waals surface area contributed by atoms with Crippen molar-refractivity contribution in [1.29, 1.82) is 0 Å². The average Bonchev–Trinajstić information content (AvgIpc) is 1.96. The summed E-state index contributed by atoms with van der Waals surface area (Å²) in [4.78, 5) is 11.1. The van der Waals surface area contributed by atoms with Gasteiger partial charge in [0.1, 0.15) is 0 Å². The first-order valence-electron chi connectivity index (χ1n) is 3.49. The van der Waals surface area contributed by atoms with Crippen LogP contribution in [0, 0.1) is 10.5 Å². The summed E-state index contributed by atoms with van der Waals surface area (Å²) in [6, 6.07) is 3.64. The molecule has 0 aliphatic heterocycles. The Morgan fingerprint density at radius 2 is 2.08 bits per heavy atom. The summed E-state index contributed by atoms with van der Waals surface area (Å²) < 4.78 is 0.960. The van der Waals surface area contributed by atoms with E-state index in [1.54, 1.807) is 13.0 Å². The molecule has 0 radical (unpaired) electrons. The van der Waals surface area contributed by atoms with Crippen LogP contribution >= 0.6 is 34.2 Å². The Morgan fingerprint density at radius 1 is 1.50 bits per heavy atom. The van der Waals surface area contributed by atoms with Crippen molar-refractivity contribution in [2.75, 3.05) is 0 Å². The fourth-order valence-electron chi connectivity index (χ4n) is 0.916. The third kappa shape index (κ3) is 1.98. The summed E-state index contributed by atoms with van der Waals surface area (Å²) >= 11 is 8.01. The first kappa shape index (κ1) is 9.99. The SMILES string of the molecule is CC(=O)c1cc(Cl)c(C)cc1I. The van der Waals surface area contributed by atoms with E-state index in [4.69, 9.17) is 11.6 Å². The van der Waals surface area contributed by atoms with E-state index >= 15 is 0 Å². The van der Waals surface area contributed by atoms with Gasteiger partial charge in [-0.1, -0.05) is 11.6 Å². The summed E-state index contributed by atoms with van der Waals surface area (Å²) in [5.74, 6) is 0.0568. The molecular weight excluding hydrogens is 286 g/mol. The Balaban J connectivity index is 3.33. The maximum absolute atomic E-state index is 11.1. The van der Waals surface area contributed by atoms with E-state index in [0.717, 1.165) is 9.13 Å². The molecule has 1 nitrogen and oxygen atoms in total. The minimum Gasteiger partial charge on any atom is -0.294 e. The molecule has 0 N–H and O–H groups in total. The lowest BCUT2D eigenvalue weighted by molar-refractivity contribution is 0.101. The minimum atomic E-state index is 0.0568. The van der Waals surface area contributed by atoms with Crippen molar-refractivity contribution in [1.82, 2.24) is 0 Å². The van der Waals surface area contributed by atoms with Gasteiger partial charge in [-0.05, 0) is 54.1 Å².